The van der Waals surface area contributed by atoms with Crippen molar-refractivity contribution in [3.8, 4) is 0 Å². The molecule has 114 valence electrons. The second-order valence-corrected chi connectivity index (χ2v) is 6.26. The van der Waals surface area contributed by atoms with Crippen molar-refractivity contribution < 1.29 is 14.3 Å². The predicted molar refractivity (Wildman–Crippen MR) is 76.1 cm³/mol. The Morgan fingerprint density at radius 2 is 2.10 bits per heavy atom. The number of amides is 2. The largest absolute Gasteiger partial charge is 0.381 e. The molecule has 2 fully saturated rings. The summed E-state index contributed by atoms with van der Waals surface area (Å²) in [6.07, 6.45) is 3.14. The van der Waals surface area contributed by atoms with Gasteiger partial charge < -0.3 is 15.0 Å². The molecule has 0 saturated carbocycles. The SMILES string of the molecule is CC(C)CCNC(=O)C1CC(=O)N(C2CCOCC2)C1. The molecule has 0 aromatic heterocycles. The third kappa shape index (κ3) is 3.95. The molecule has 2 amide bonds. The van der Waals surface area contributed by atoms with Crippen molar-refractivity contribution in [1.82, 2.24) is 10.2 Å². The molecule has 2 rings (SSSR count). The van der Waals surface area contributed by atoms with E-state index < -0.39 is 0 Å². The summed E-state index contributed by atoms with van der Waals surface area (Å²) < 4.78 is 5.33. The maximum Gasteiger partial charge on any atom is 0.225 e. The molecule has 2 aliphatic rings. The van der Waals surface area contributed by atoms with Crippen molar-refractivity contribution in [2.75, 3.05) is 26.3 Å². The van der Waals surface area contributed by atoms with E-state index in [-0.39, 0.29) is 23.8 Å². The van der Waals surface area contributed by atoms with E-state index >= 15 is 0 Å². The molecule has 0 radical (unpaired) electrons. The lowest BCUT2D eigenvalue weighted by atomic mass is 10.1. The Balaban J connectivity index is 1.80. The molecular weight excluding hydrogens is 256 g/mol. The number of hydrogen-bond donors (Lipinski definition) is 1. The summed E-state index contributed by atoms with van der Waals surface area (Å²) in [6, 6.07) is 0.268. The van der Waals surface area contributed by atoms with Crippen LogP contribution in [-0.2, 0) is 14.3 Å². The van der Waals surface area contributed by atoms with Crippen LogP contribution in [0.25, 0.3) is 0 Å². The first kappa shape index (κ1) is 15.3. The highest BCUT2D eigenvalue weighted by Gasteiger charge is 2.38. The zero-order chi connectivity index (χ0) is 14.5. The standard InChI is InChI=1S/C15H26N2O3/c1-11(2)3-6-16-15(19)12-9-14(18)17(10-12)13-4-7-20-8-5-13/h11-13H,3-10H2,1-2H3,(H,16,19). The van der Waals surface area contributed by atoms with Crippen molar-refractivity contribution >= 4 is 11.8 Å². The molecule has 1 unspecified atom stereocenters. The first-order chi connectivity index (χ1) is 9.58. The highest BCUT2D eigenvalue weighted by Crippen LogP contribution is 2.25. The smallest absolute Gasteiger partial charge is 0.225 e. The van der Waals surface area contributed by atoms with Crippen LogP contribution in [-0.4, -0.2) is 49.1 Å². The van der Waals surface area contributed by atoms with Gasteiger partial charge in [0.15, 0.2) is 0 Å². The summed E-state index contributed by atoms with van der Waals surface area (Å²) in [5.41, 5.74) is 0. The molecule has 0 aromatic rings. The topological polar surface area (TPSA) is 58.6 Å². The number of nitrogens with zero attached hydrogens (tertiary/aromatic N) is 1. The van der Waals surface area contributed by atoms with Crippen LogP contribution in [0.4, 0.5) is 0 Å². The van der Waals surface area contributed by atoms with Crippen molar-refractivity contribution in [2.24, 2.45) is 11.8 Å². The third-order valence-corrected chi connectivity index (χ3v) is 4.18. The van der Waals surface area contributed by atoms with Crippen LogP contribution in [0.15, 0.2) is 0 Å². The summed E-state index contributed by atoms with van der Waals surface area (Å²) in [7, 11) is 0. The van der Waals surface area contributed by atoms with Crippen LogP contribution in [0, 0.1) is 11.8 Å². The van der Waals surface area contributed by atoms with Gasteiger partial charge in [0.1, 0.15) is 0 Å². The molecular formula is C15H26N2O3. The summed E-state index contributed by atoms with van der Waals surface area (Å²) in [5, 5.41) is 2.96. The first-order valence-electron chi connectivity index (χ1n) is 7.73. The lowest BCUT2D eigenvalue weighted by Gasteiger charge is -2.31. The van der Waals surface area contributed by atoms with E-state index in [9.17, 15) is 9.59 Å². The monoisotopic (exact) mass is 282 g/mol. The van der Waals surface area contributed by atoms with E-state index in [0.717, 1.165) is 32.5 Å². The van der Waals surface area contributed by atoms with Gasteiger partial charge in [0.2, 0.25) is 11.8 Å². The van der Waals surface area contributed by atoms with E-state index in [0.29, 0.717) is 25.4 Å². The average molecular weight is 282 g/mol. The quantitative estimate of drug-likeness (QED) is 0.823. The van der Waals surface area contributed by atoms with E-state index in [4.69, 9.17) is 4.74 Å². The maximum atomic E-state index is 12.1. The lowest BCUT2D eigenvalue weighted by molar-refractivity contribution is -0.131. The van der Waals surface area contributed by atoms with Crippen molar-refractivity contribution in [3.05, 3.63) is 0 Å². The van der Waals surface area contributed by atoms with Gasteiger partial charge in [0.25, 0.3) is 0 Å². The van der Waals surface area contributed by atoms with E-state index in [2.05, 4.69) is 19.2 Å². The summed E-state index contributed by atoms with van der Waals surface area (Å²) in [6.45, 7) is 7.01. The van der Waals surface area contributed by atoms with Crippen LogP contribution >= 0.6 is 0 Å². The number of rotatable bonds is 5. The number of carbonyl (C=O) groups excluding carboxylic acids is 2. The first-order valence-corrected chi connectivity index (χ1v) is 7.73. The molecule has 1 N–H and O–H groups in total. The second-order valence-electron chi connectivity index (χ2n) is 6.26. The molecule has 5 heteroatoms. The minimum atomic E-state index is -0.169. The van der Waals surface area contributed by atoms with Gasteiger partial charge in [-0.2, -0.15) is 0 Å². The predicted octanol–water partition coefficient (Wildman–Crippen LogP) is 1.18. The zero-order valence-electron chi connectivity index (χ0n) is 12.6. The highest BCUT2D eigenvalue weighted by atomic mass is 16.5. The molecule has 2 aliphatic heterocycles. The average Bonchev–Trinajstić information content (AvgIpc) is 2.81. The van der Waals surface area contributed by atoms with E-state index in [1.165, 1.54) is 0 Å². The number of likely N-dealkylation sites (tertiary alicyclic amines) is 1. The third-order valence-electron chi connectivity index (χ3n) is 4.18. The van der Waals surface area contributed by atoms with Gasteiger partial charge >= 0.3 is 0 Å². The van der Waals surface area contributed by atoms with E-state index in [1.54, 1.807) is 0 Å². The van der Waals surface area contributed by atoms with Gasteiger partial charge in [-0.15, -0.1) is 0 Å². The summed E-state index contributed by atoms with van der Waals surface area (Å²) in [4.78, 5) is 26.1. The van der Waals surface area contributed by atoms with Crippen molar-refractivity contribution in [2.45, 2.75) is 45.6 Å². The van der Waals surface area contributed by atoms with E-state index in [1.807, 2.05) is 4.90 Å². The molecule has 5 nitrogen and oxygen atoms in total. The molecule has 0 aliphatic carbocycles. The molecule has 0 aromatic carbocycles. The van der Waals surface area contributed by atoms with Crippen LogP contribution in [0.3, 0.4) is 0 Å². The highest BCUT2D eigenvalue weighted by molar-refractivity contribution is 5.89. The normalized spacial score (nSPS) is 24.4. The fourth-order valence-corrected chi connectivity index (χ4v) is 2.89. The van der Waals surface area contributed by atoms with Crippen LogP contribution < -0.4 is 5.32 Å². The Labute approximate surface area is 121 Å². The zero-order valence-corrected chi connectivity index (χ0v) is 12.6. The van der Waals surface area contributed by atoms with Crippen molar-refractivity contribution in [1.29, 1.82) is 0 Å². The number of nitrogens with one attached hydrogen (secondary N) is 1. The van der Waals surface area contributed by atoms with Gasteiger partial charge in [-0.3, -0.25) is 9.59 Å². The number of ether oxygens (including phenoxy) is 1. The molecule has 0 bridgehead atoms. The van der Waals surface area contributed by atoms with Gasteiger partial charge in [-0.1, -0.05) is 13.8 Å². The minimum absolute atomic E-state index is 0.0357. The summed E-state index contributed by atoms with van der Waals surface area (Å²) in [5.74, 6) is 0.575. The summed E-state index contributed by atoms with van der Waals surface area (Å²) >= 11 is 0. The Kier molecular flexibility index (Phi) is 5.40. The Morgan fingerprint density at radius 3 is 2.75 bits per heavy atom. The molecule has 2 saturated heterocycles. The minimum Gasteiger partial charge on any atom is -0.381 e. The van der Waals surface area contributed by atoms with Crippen LogP contribution in [0.2, 0.25) is 0 Å². The fraction of sp³-hybridized carbons (Fsp3) is 0.867. The lowest BCUT2D eigenvalue weighted by Crippen LogP contribution is -2.41. The van der Waals surface area contributed by atoms with Gasteiger partial charge in [0.05, 0.1) is 5.92 Å². The van der Waals surface area contributed by atoms with Gasteiger partial charge in [0, 0.05) is 38.8 Å². The van der Waals surface area contributed by atoms with Crippen molar-refractivity contribution in [3.63, 3.8) is 0 Å². The second kappa shape index (κ2) is 7.07. The van der Waals surface area contributed by atoms with Crippen LogP contribution in [0.5, 0.6) is 0 Å². The molecule has 0 spiro atoms. The Morgan fingerprint density at radius 1 is 1.40 bits per heavy atom. The van der Waals surface area contributed by atoms with Gasteiger partial charge in [-0.25, -0.2) is 0 Å². The Bertz CT molecular complexity index is 351. The molecule has 2 heterocycles. The number of hydrogen-bond acceptors (Lipinski definition) is 3. The van der Waals surface area contributed by atoms with Gasteiger partial charge in [-0.05, 0) is 25.2 Å². The molecule has 20 heavy (non-hydrogen) atoms. The maximum absolute atomic E-state index is 12.1. The number of carbonyl (C=O) groups is 2. The molecule has 1 atom stereocenters. The Hall–Kier alpha value is -1.10. The fourth-order valence-electron chi connectivity index (χ4n) is 2.89. The van der Waals surface area contributed by atoms with Crippen LogP contribution in [0.1, 0.15) is 39.5 Å².